The first-order valence-electron chi connectivity index (χ1n) is 4.77. The number of halogens is 1. The van der Waals surface area contributed by atoms with E-state index >= 15 is 0 Å². The minimum absolute atomic E-state index is 0.182. The molecule has 0 aliphatic carbocycles. The van der Waals surface area contributed by atoms with Gasteiger partial charge in [-0.15, -0.1) is 11.3 Å². The second-order valence-corrected chi connectivity index (χ2v) is 5.76. The van der Waals surface area contributed by atoms with Crippen LogP contribution in [0.15, 0.2) is 15.9 Å². The van der Waals surface area contributed by atoms with Crippen LogP contribution < -0.4 is 0 Å². The summed E-state index contributed by atoms with van der Waals surface area (Å²) in [6, 6.07) is 1.90. The Bertz CT molecular complexity index is 344. The standard InChI is InChI=1S/C11H15BrO2S/c1-11(2,14-3)6-4-9(13)10-8(12)5-7-15-10/h5,7H,4,6H2,1-3H3. The van der Waals surface area contributed by atoms with Crippen molar-refractivity contribution < 1.29 is 9.53 Å². The van der Waals surface area contributed by atoms with Crippen molar-refractivity contribution in [1.82, 2.24) is 0 Å². The van der Waals surface area contributed by atoms with Crippen molar-refractivity contribution in [3.8, 4) is 0 Å². The fourth-order valence-corrected chi connectivity index (χ4v) is 2.69. The average Bonchev–Trinajstić information content (AvgIpc) is 2.61. The van der Waals surface area contributed by atoms with Crippen molar-refractivity contribution in [3.05, 3.63) is 20.8 Å². The lowest BCUT2D eigenvalue weighted by Gasteiger charge is -2.21. The van der Waals surface area contributed by atoms with E-state index in [2.05, 4.69) is 15.9 Å². The molecule has 0 aliphatic rings. The van der Waals surface area contributed by atoms with Crippen molar-refractivity contribution in [2.45, 2.75) is 32.3 Å². The third-order valence-corrected chi connectivity index (χ3v) is 4.26. The number of hydrogen-bond donors (Lipinski definition) is 0. The third kappa shape index (κ3) is 3.70. The topological polar surface area (TPSA) is 26.3 Å². The Balaban J connectivity index is 2.55. The van der Waals surface area contributed by atoms with Crippen molar-refractivity contribution in [3.63, 3.8) is 0 Å². The lowest BCUT2D eigenvalue weighted by Crippen LogP contribution is -2.23. The minimum Gasteiger partial charge on any atom is -0.379 e. The summed E-state index contributed by atoms with van der Waals surface area (Å²) < 4.78 is 6.17. The Labute approximate surface area is 103 Å². The van der Waals surface area contributed by atoms with Crippen molar-refractivity contribution in [2.75, 3.05) is 7.11 Å². The molecule has 0 radical (unpaired) electrons. The van der Waals surface area contributed by atoms with E-state index in [4.69, 9.17) is 4.74 Å². The number of hydrogen-bond acceptors (Lipinski definition) is 3. The quantitative estimate of drug-likeness (QED) is 0.769. The van der Waals surface area contributed by atoms with Gasteiger partial charge in [-0.3, -0.25) is 4.79 Å². The molecule has 1 rings (SSSR count). The van der Waals surface area contributed by atoms with Crippen LogP contribution in [0.1, 0.15) is 36.4 Å². The summed E-state index contributed by atoms with van der Waals surface area (Å²) in [5, 5.41) is 1.92. The summed E-state index contributed by atoms with van der Waals surface area (Å²) in [4.78, 5) is 12.6. The fraction of sp³-hybridized carbons (Fsp3) is 0.545. The molecule has 84 valence electrons. The van der Waals surface area contributed by atoms with Gasteiger partial charge in [-0.25, -0.2) is 0 Å². The molecule has 2 nitrogen and oxygen atoms in total. The largest absolute Gasteiger partial charge is 0.379 e. The number of carbonyl (C=O) groups excluding carboxylic acids is 1. The van der Waals surface area contributed by atoms with E-state index in [1.165, 1.54) is 11.3 Å². The molecule has 15 heavy (non-hydrogen) atoms. The van der Waals surface area contributed by atoms with E-state index < -0.39 is 0 Å². The molecule has 0 amide bonds. The number of rotatable bonds is 5. The fourth-order valence-electron chi connectivity index (χ4n) is 1.12. The van der Waals surface area contributed by atoms with Gasteiger partial charge in [-0.05, 0) is 47.6 Å². The van der Waals surface area contributed by atoms with Gasteiger partial charge in [0.2, 0.25) is 0 Å². The van der Waals surface area contributed by atoms with Crippen LogP contribution in [0.3, 0.4) is 0 Å². The molecule has 0 fully saturated rings. The molecule has 0 unspecified atom stereocenters. The maximum absolute atomic E-state index is 11.8. The van der Waals surface area contributed by atoms with Gasteiger partial charge in [-0.1, -0.05) is 0 Å². The van der Waals surface area contributed by atoms with Crippen LogP contribution in [0.2, 0.25) is 0 Å². The SMILES string of the molecule is COC(C)(C)CCC(=O)c1sccc1Br. The first-order valence-corrected chi connectivity index (χ1v) is 6.45. The van der Waals surface area contributed by atoms with Crippen LogP contribution in [0.5, 0.6) is 0 Å². The molecule has 0 aliphatic heterocycles. The van der Waals surface area contributed by atoms with E-state index in [1.807, 2.05) is 25.3 Å². The molecule has 0 aromatic carbocycles. The molecule has 0 saturated heterocycles. The number of ether oxygens (including phenoxy) is 1. The van der Waals surface area contributed by atoms with Gasteiger partial charge in [0, 0.05) is 18.0 Å². The van der Waals surface area contributed by atoms with Gasteiger partial charge in [-0.2, -0.15) is 0 Å². The molecule has 0 spiro atoms. The molecular weight excluding hydrogens is 276 g/mol. The highest BCUT2D eigenvalue weighted by Crippen LogP contribution is 2.26. The van der Waals surface area contributed by atoms with Gasteiger partial charge >= 0.3 is 0 Å². The van der Waals surface area contributed by atoms with Crippen LogP contribution in [0.25, 0.3) is 0 Å². The maximum atomic E-state index is 11.8. The van der Waals surface area contributed by atoms with Gasteiger partial charge < -0.3 is 4.74 Å². The predicted molar refractivity (Wildman–Crippen MR) is 66.7 cm³/mol. The highest BCUT2D eigenvalue weighted by Gasteiger charge is 2.20. The molecule has 0 atom stereocenters. The Morgan fingerprint density at radius 3 is 2.73 bits per heavy atom. The maximum Gasteiger partial charge on any atom is 0.174 e. The number of carbonyl (C=O) groups is 1. The summed E-state index contributed by atoms with van der Waals surface area (Å²) in [5.41, 5.74) is -0.223. The highest BCUT2D eigenvalue weighted by molar-refractivity contribution is 9.10. The van der Waals surface area contributed by atoms with E-state index in [-0.39, 0.29) is 11.4 Å². The highest BCUT2D eigenvalue weighted by atomic mass is 79.9. The van der Waals surface area contributed by atoms with Crippen LogP contribution >= 0.6 is 27.3 Å². The number of thiophene rings is 1. The van der Waals surface area contributed by atoms with Crippen molar-refractivity contribution in [1.29, 1.82) is 0 Å². The van der Waals surface area contributed by atoms with Gasteiger partial charge in [0.1, 0.15) is 0 Å². The summed E-state index contributed by atoms with van der Waals surface area (Å²) in [6.07, 6.45) is 1.27. The molecule has 1 aromatic rings. The van der Waals surface area contributed by atoms with Gasteiger partial charge in [0.25, 0.3) is 0 Å². The average molecular weight is 291 g/mol. The Morgan fingerprint density at radius 1 is 1.60 bits per heavy atom. The summed E-state index contributed by atoms with van der Waals surface area (Å²) in [7, 11) is 1.67. The molecule has 0 N–H and O–H groups in total. The van der Waals surface area contributed by atoms with E-state index in [9.17, 15) is 4.79 Å². The number of Topliss-reactive ketones (excluding diaryl/α,β-unsaturated/α-hetero) is 1. The lowest BCUT2D eigenvalue weighted by atomic mass is 10.0. The zero-order valence-corrected chi connectivity index (χ0v) is 11.6. The Hall–Kier alpha value is -0.190. The predicted octanol–water partition coefficient (Wildman–Crippen LogP) is 3.90. The summed E-state index contributed by atoms with van der Waals surface area (Å²) in [6.45, 7) is 3.98. The summed E-state index contributed by atoms with van der Waals surface area (Å²) >= 11 is 4.84. The molecule has 0 saturated carbocycles. The minimum atomic E-state index is -0.223. The first-order chi connectivity index (χ1) is 6.96. The smallest absolute Gasteiger partial charge is 0.174 e. The second kappa shape index (κ2) is 5.23. The second-order valence-electron chi connectivity index (χ2n) is 3.98. The van der Waals surface area contributed by atoms with Gasteiger partial charge in [0.05, 0.1) is 10.5 Å². The number of ketones is 1. The zero-order valence-electron chi connectivity index (χ0n) is 9.17. The molecule has 1 aromatic heterocycles. The Morgan fingerprint density at radius 2 is 2.27 bits per heavy atom. The first kappa shape index (κ1) is 12.9. The van der Waals surface area contributed by atoms with E-state index in [1.54, 1.807) is 7.11 Å². The molecular formula is C11H15BrO2S. The monoisotopic (exact) mass is 290 g/mol. The van der Waals surface area contributed by atoms with Gasteiger partial charge in [0.15, 0.2) is 5.78 Å². The lowest BCUT2D eigenvalue weighted by molar-refractivity contribution is 0.0142. The Kier molecular flexibility index (Phi) is 4.49. The van der Waals surface area contributed by atoms with E-state index in [0.29, 0.717) is 6.42 Å². The van der Waals surface area contributed by atoms with E-state index in [0.717, 1.165) is 15.8 Å². The van der Waals surface area contributed by atoms with Crippen LogP contribution in [0, 0.1) is 0 Å². The molecule has 1 heterocycles. The van der Waals surface area contributed by atoms with Crippen LogP contribution in [-0.2, 0) is 4.74 Å². The van der Waals surface area contributed by atoms with Crippen molar-refractivity contribution in [2.24, 2.45) is 0 Å². The zero-order chi connectivity index (χ0) is 11.5. The molecule has 4 heteroatoms. The third-order valence-electron chi connectivity index (χ3n) is 2.38. The van der Waals surface area contributed by atoms with Crippen LogP contribution in [0.4, 0.5) is 0 Å². The van der Waals surface area contributed by atoms with Crippen LogP contribution in [-0.4, -0.2) is 18.5 Å². The van der Waals surface area contributed by atoms with Crippen molar-refractivity contribution >= 4 is 33.0 Å². The molecule has 0 bridgehead atoms. The number of methoxy groups -OCH3 is 1. The summed E-state index contributed by atoms with van der Waals surface area (Å²) in [5.74, 6) is 0.182. The normalized spacial score (nSPS) is 11.7.